The minimum atomic E-state index is 0. The number of nitrogens with one attached hydrogen (secondary N) is 2. The molecule has 144 valence electrons. The van der Waals surface area contributed by atoms with E-state index >= 15 is 0 Å². The normalized spacial score (nSPS) is 16.6. The van der Waals surface area contributed by atoms with Crippen LogP contribution in [0.3, 0.4) is 0 Å². The average Bonchev–Trinajstić information content (AvgIpc) is 2.83. The van der Waals surface area contributed by atoms with Crippen molar-refractivity contribution in [1.29, 1.82) is 0 Å². The zero-order valence-corrected chi connectivity index (χ0v) is 18.5. The summed E-state index contributed by atoms with van der Waals surface area (Å²) in [5.74, 6) is 0.869. The molecule has 0 bridgehead atoms. The van der Waals surface area contributed by atoms with Gasteiger partial charge in [0.25, 0.3) is 0 Å². The Morgan fingerprint density at radius 3 is 2.52 bits per heavy atom. The molecule has 1 saturated heterocycles. The fourth-order valence-corrected chi connectivity index (χ4v) is 3.15. The van der Waals surface area contributed by atoms with E-state index < -0.39 is 0 Å². The third-order valence-corrected chi connectivity index (χ3v) is 4.86. The molecule has 0 radical (unpaired) electrons. The van der Waals surface area contributed by atoms with Crippen LogP contribution in [0.15, 0.2) is 4.99 Å². The van der Waals surface area contributed by atoms with E-state index in [-0.39, 0.29) is 24.0 Å². The Kier molecular flexibility index (Phi) is 9.73. The lowest BCUT2D eigenvalue weighted by molar-refractivity contribution is 0.128. The maximum atomic E-state index is 5.16. The second-order valence-corrected chi connectivity index (χ2v) is 6.45. The van der Waals surface area contributed by atoms with Gasteiger partial charge in [-0.1, -0.05) is 0 Å². The summed E-state index contributed by atoms with van der Waals surface area (Å²) in [5, 5.41) is 11.4. The summed E-state index contributed by atoms with van der Waals surface area (Å²) in [5.41, 5.74) is 3.51. The van der Waals surface area contributed by atoms with Gasteiger partial charge in [-0.25, -0.2) is 0 Å². The molecule has 1 aromatic heterocycles. The Labute approximate surface area is 168 Å². The first-order chi connectivity index (χ1) is 11.5. The maximum Gasteiger partial charge on any atom is 0.191 e. The highest BCUT2D eigenvalue weighted by atomic mass is 127. The van der Waals surface area contributed by atoms with Crippen molar-refractivity contribution in [2.45, 2.75) is 39.3 Å². The lowest BCUT2D eigenvalue weighted by atomic mass is 10.1. The fraction of sp³-hybridized carbons (Fsp3) is 0.765. The minimum absolute atomic E-state index is 0. The van der Waals surface area contributed by atoms with Crippen LogP contribution in [0.4, 0.5) is 0 Å². The summed E-state index contributed by atoms with van der Waals surface area (Å²) in [6.07, 6.45) is 2.27. The first-order valence-corrected chi connectivity index (χ1v) is 8.72. The Bertz CT molecular complexity index is 552. The van der Waals surface area contributed by atoms with Gasteiger partial charge < -0.3 is 20.3 Å². The highest BCUT2D eigenvalue weighted by Crippen LogP contribution is 2.12. The van der Waals surface area contributed by atoms with Gasteiger partial charge in [-0.05, 0) is 26.7 Å². The predicted octanol–water partition coefficient (Wildman–Crippen LogP) is 1.43. The van der Waals surface area contributed by atoms with Crippen molar-refractivity contribution in [2.75, 3.05) is 40.4 Å². The molecule has 25 heavy (non-hydrogen) atoms. The van der Waals surface area contributed by atoms with Gasteiger partial charge in [0.1, 0.15) is 0 Å². The van der Waals surface area contributed by atoms with E-state index in [2.05, 4.69) is 39.5 Å². The molecule has 0 unspecified atom stereocenters. The largest absolute Gasteiger partial charge is 0.383 e. The average molecular weight is 464 g/mol. The molecule has 0 aromatic carbocycles. The van der Waals surface area contributed by atoms with Crippen molar-refractivity contribution in [3.8, 4) is 0 Å². The van der Waals surface area contributed by atoms with E-state index in [0.29, 0.717) is 6.04 Å². The van der Waals surface area contributed by atoms with Gasteiger partial charge in [0.05, 0.1) is 12.3 Å². The molecule has 2 N–H and O–H groups in total. The van der Waals surface area contributed by atoms with E-state index in [1.54, 1.807) is 7.11 Å². The first-order valence-electron chi connectivity index (χ1n) is 8.72. The number of piperidine rings is 1. The number of aromatic nitrogens is 2. The van der Waals surface area contributed by atoms with Crippen molar-refractivity contribution < 1.29 is 4.74 Å². The molecule has 1 fully saturated rings. The second kappa shape index (κ2) is 11.0. The van der Waals surface area contributed by atoms with Crippen LogP contribution in [0.1, 0.15) is 29.8 Å². The Morgan fingerprint density at radius 2 is 2.00 bits per heavy atom. The van der Waals surface area contributed by atoms with Crippen LogP contribution in [0.2, 0.25) is 0 Å². The standard InChI is InChI=1S/C17H32N6O.HI/c1-13-16(14(2)22(4)21-13)12-19-17(18-3)20-15-6-8-23(9-7-15)10-11-24-5;/h15H,6-12H2,1-5H3,(H2,18,19,20);1H. The van der Waals surface area contributed by atoms with Gasteiger partial charge >= 0.3 is 0 Å². The van der Waals surface area contributed by atoms with Crippen molar-refractivity contribution in [2.24, 2.45) is 12.0 Å². The number of methoxy groups -OCH3 is 1. The van der Waals surface area contributed by atoms with Crippen molar-refractivity contribution in [1.82, 2.24) is 25.3 Å². The number of rotatable bonds is 6. The van der Waals surface area contributed by atoms with E-state index in [1.165, 1.54) is 11.3 Å². The SMILES string of the molecule is CN=C(NCc1c(C)nn(C)c1C)NC1CCN(CCOC)CC1.I. The molecule has 1 aliphatic heterocycles. The van der Waals surface area contributed by atoms with Crippen LogP contribution >= 0.6 is 24.0 Å². The zero-order chi connectivity index (χ0) is 17.5. The Balaban J connectivity index is 0.00000312. The number of guanidine groups is 1. The number of hydrogen-bond donors (Lipinski definition) is 2. The highest BCUT2D eigenvalue weighted by molar-refractivity contribution is 14.0. The third kappa shape index (κ3) is 6.41. The Morgan fingerprint density at radius 1 is 1.32 bits per heavy atom. The van der Waals surface area contributed by atoms with E-state index in [0.717, 1.165) is 57.3 Å². The van der Waals surface area contributed by atoms with Crippen LogP contribution in [0, 0.1) is 13.8 Å². The lowest BCUT2D eigenvalue weighted by Gasteiger charge is -2.32. The minimum Gasteiger partial charge on any atom is -0.383 e. The van der Waals surface area contributed by atoms with Crippen molar-refractivity contribution in [3.63, 3.8) is 0 Å². The Hall–Kier alpha value is -0.870. The van der Waals surface area contributed by atoms with Gasteiger partial charge in [0.2, 0.25) is 0 Å². The maximum absolute atomic E-state index is 5.16. The van der Waals surface area contributed by atoms with Crippen LogP contribution in [0.25, 0.3) is 0 Å². The molecule has 2 heterocycles. The fourth-order valence-electron chi connectivity index (χ4n) is 3.15. The molecular weight excluding hydrogens is 431 g/mol. The molecule has 0 saturated carbocycles. The summed E-state index contributed by atoms with van der Waals surface area (Å²) >= 11 is 0. The molecule has 0 spiro atoms. The number of ether oxygens (including phenoxy) is 1. The number of nitrogens with zero attached hydrogens (tertiary/aromatic N) is 4. The number of aliphatic imine (C=N–C) groups is 1. The van der Waals surface area contributed by atoms with Gasteiger partial charge in [0, 0.05) is 64.7 Å². The monoisotopic (exact) mass is 464 g/mol. The highest BCUT2D eigenvalue weighted by Gasteiger charge is 2.20. The van der Waals surface area contributed by atoms with Gasteiger partial charge in [-0.3, -0.25) is 9.67 Å². The van der Waals surface area contributed by atoms with Gasteiger partial charge in [-0.15, -0.1) is 24.0 Å². The van der Waals surface area contributed by atoms with Crippen LogP contribution in [-0.4, -0.2) is 67.1 Å². The molecule has 0 amide bonds. The number of likely N-dealkylation sites (tertiary alicyclic amines) is 1. The molecule has 0 atom stereocenters. The number of aryl methyl sites for hydroxylation is 2. The van der Waals surface area contributed by atoms with Crippen LogP contribution in [-0.2, 0) is 18.3 Å². The van der Waals surface area contributed by atoms with Gasteiger partial charge in [-0.2, -0.15) is 5.10 Å². The summed E-state index contributed by atoms with van der Waals surface area (Å²) in [4.78, 5) is 6.82. The van der Waals surface area contributed by atoms with Crippen LogP contribution < -0.4 is 10.6 Å². The van der Waals surface area contributed by atoms with Gasteiger partial charge in [0.15, 0.2) is 5.96 Å². The molecule has 2 rings (SSSR count). The molecule has 1 aliphatic rings. The summed E-state index contributed by atoms with van der Waals surface area (Å²) in [6, 6.07) is 0.478. The molecule has 8 heteroatoms. The summed E-state index contributed by atoms with van der Waals surface area (Å²) in [6.45, 7) is 8.95. The summed E-state index contributed by atoms with van der Waals surface area (Å²) < 4.78 is 7.08. The molecule has 1 aromatic rings. The van der Waals surface area contributed by atoms with E-state index in [1.807, 2.05) is 18.8 Å². The van der Waals surface area contributed by atoms with E-state index in [9.17, 15) is 0 Å². The van der Waals surface area contributed by atoms with Crippen molar-refractivity contribution >= 4 is 29.9 Å². The topological polar surface area (TPSA) is 66.7 Å². The summed E-state index contributed by atoms with van der Waals surface area (Å²) in [7, 11) is 5.57. The second-order valence-electron chi connectivity index (χ2n) is 6.45. The molecular formula is C17H33IN6O. The first kappa shape index (κ1) is 22.2. The molecule has 0 aliphatic carbocycles. The van der Waals surface area contributed by atoms with Crippen LogP contribution in [0.5, 0.6) is 0 Å². The number of hydrogen-bond acceptors (Lipinski definition) is 4. The smallest absolute Gasteiger partial charge is 0.191 e. The van der Waals surface area contributed by atoms with Crippen molar-refractivity contribution in [3.05, 3.63) is 17.0 Å². The number of halogens is 1. The molecule has 7 nitrogen and oxygen atoms in total. The predicted molar refractivity (Wildman–Crippen MR) is 113 cm³/mol. The quantitative estimate of drug-likeness (QED) is 0.379. The van der Waals surface area contributed by atoms with E-state index in [4.69, 9.17) is 4.74 Å². The lowest BCUT2D eigenvalue weighted by Crippen LogP contribution is -2.48. The zero-order valence-electron chi connectivity index (χ0n) is 16.1. The third-order valence-electron chi connectivity index (χ3n) is 4.86.